The number of fused-ring (bicyclic) bond motifs is 13. The van der Waals surface area contributed by atoms with E-state index in [-0.39, 0.29) is 63.4 Å². The molecule has 579 valence electrons. The molecule has 5 nitrogen and oxygen atoms in total. The van der Waals surface area contributed by atoms with Crippen molar-refractivity contribution in [1.29, 1.82) is 0 Å². The zero-order valence-electron chi connectivity index (χ0n) is 71.3. The van der Waals surface area contributed by atoms with Crippen molar-refractivity contribution in [3.63, 3.8) is 0 Å². The van der Waals surface area contributed by atoms with Crippen LogP contribution in [0.1, 0.15) is 211 Å². The molecule has 0 bridgehead atoms. The van der Waals surface area contributed by atoms with Gasteiger partial charge in [-0.15, -0.1) is 17.7 Å². The Morgan fingerprint density at radius 3 is 0.746 bits per heavy atom. The normalized spacial score (nSPS) is 13.2. The third-order valence-corrected chi connectivity index (χ3v) is 24.4. The Morgan fingerprint density at radius 1 is 0.246 bits per heavy atom. The van der Waals surface area contributed by atoms with Gasteiger partial charge in [-0.1, -0.05) is 245 Å². The molecule has 0 aliphatic rings. The summed E-state index contributed by atoms with van der Waals surface area (Å²) in [6.07, 6.45) is 1.90. The first-order valence-corrected chi connectivity index (χ1v) is 40.7. The molecule has 17 rings (SSSR count). The van der Waals surface area contributed by atoms with Crippen LogP contribution in [0.5, 0.6) is 0 Å². The Morgan fingerprint density at radius 2 is 0.491 bits per heavy atom. The van der Waals surface area contributed by atoms with E-state index in [1.807, 2.05) is 6.20 Å². The molecule has 0 unspecified atom stereocenters. The molecule has 0 fully saturated rings. The third-order valence-electron chi connectivity index (χ3n) is 24.4. The van der Waals surface area contributed by atoms with E-state index >= 15 is 4.39 Å². The summed E-state index contributed by atoms with van der Waals surface area (Å²) in [4.78, 5) is 5.27. The average Bonchev–Trinajstić information content (AvgIpc) is 1.57. The monoisotopic (exact) mass is 1680 g/mol. The van der Waals surface area contributed by atoms with Crippen molar-refractivity contribution in [3.05, 3.63) is 281 Å². The standard InChI is InChI=1S/C107H109FN5.Ir/c1-100(2,3)67-28-36-91-83(53-67)84-54-68(101(4,5)6)29-37-92(84)110(91)76-49-64(50-77(61-76)111-93-38-30-69(102(7,8)9)55-85(93)86-56-70(103(10,11)12)31-39-94(86)111)63-46-66(48-75(108)47-63)99-82-27-25-26-80(81(82)44-45-109-99)65-51-78(112-95-40-32-71(104(13,14)15)57-87(95)88-58-72(105(16,17)18)33-41-96(88)112)62-79(52-65)113-97-42-34-73(106(19,20)21)59-89(97)90-60-74(107(22,23)24)35-43-98(90)113;/h25-47,49-62H,1-24H3;/q-1;. The zero-order valence-corrected chi connectivity index (χ0v) is 73.7. The van der Waals surface area contributed by atoms with Gasteiger partial charge in [-0.05, 0) is 261 Å². The van der Waals surface area contributed by atoms with Crippen molar-refractivity contribution in [2.24, 2.45) is 0 Å². The molecule has 0 saturated heterocycles. The minimum Gasteiger partial charge on any atom is -0.309 e. The minimum atomic E-state index is -0.467. The van der Waals surface area contributed by atoms with Gasteiger partial charge in [-0.2, -0.15) is 0 Å². The quantitative estimate of drug-likeness (QED) is 0.146. The number of hydrogen-bond donors (Lipinski definition) is 0. The molecule has 5 heterocycles. The maximum absolute atomic E-state index is 17.7. The fourth-order valence-corrected chi connectivity index (χ4v) is 17.5. The number of halogens is 1. The minimum absolute atomic E-state index is 0. The van der Waals surface area contributed by atoms with Gasteiger partial charge in [0, 0.05) is 98.0 Å². The Kier molecular flexibility index (Phi) is 18.2. The number of rotatable bonds is 7. The van der Waals surface area contributed by atoms with Crippen LogP contribution in [0.15, 0.2) is 225 Å². The van der Waals surface area contributed by atoms with Crippen LogP contribution in [0.2, 0.25) is 0 Å². The number of aromatic nitrogens is 5. The summed E-state index contributed by atoms with van der Waals surface area (Å²) in [5.74, 6) is -0.467. The average molecular weight is 1680 g/mol. The Bertz CT molecular complexity index is 6200. The predicted octanol–water partition coefficient (Wildman–Crippen LogP) is 29.9. The summed E-state index contributed by atoms with van der Waals surface area (Å²) in [6, 6.07) is 86.4. The van der Waals surface area contributed by atoms with Gasteiger partial charge < -0.3 is 23.3 Å². The molecule has 0 amide bonds. The van der Waals surface area contributed by atoms with E-state index in [1.165, 1.54) is 87.6 Å². The molecule has 0 N–H and O–H groups in total. The SMILES string of the molecule is CC(C)(C)c1ccc2c(c1)c1cc(C(C)(C)C)ccc1n2-c1cc(-c2cc(F)[c-]c(-c3nccc4c(-c5cc(-n6c7ccc(C(C)(C)C)cc7c7cc(C(C)(C)C)ccc76)cc(-n6c7ccc(C(C)(C)C)cc7c7cc(C(C)(C)C)ccc76)c5)cccc34)c2)cc(-n2c3ccc(C(C)(C)C)cc3c3cc(C(C)(C)C)ccc32)c1.[Ir]. The van der Waals surface area contributed by atoms with Crippen molar-refractivity contribution in [2.45, 2.75) is 209 Å². The third kappa shape index (κ3) is 13.4. The molecule has 7 heteroatoms. The van der Waals surface area contributed by atoms with Gasteiger partial charge in [0.05, 0.1) is 44.1 Å². The van der Waals surface area contributed by atoms with Gasteiger partial charge in [0.1, 0.15) is 0 Å². The van der Waals surface area contributed by atoms with Gasteiger partial charge in [0.25, 0.3) is 0 Å². The van der Waals surface area contributed by atoms with Crippen LogP contribution in [0.25, 0.3) is 154 Å². The fourth-order valence-electron chi connectivity index (χ4n) is 17.5. The fraction of sp³-hybridized carbons (Fsp3) is 0.299. The summed E-state index contributed by atoms with van der Waals surface area (Å²) in [6.45, 7) is 55.3. The van der Waals surface area contributed by atoms with Crippen molar-refractivity contribution in [1.82, 2.24) is 23.3 Å². The molecule has 0 spiro atoms. The summed E-state index contributed by atoms with van der Waals surface area (Å²) < 4.78 is 27.6. The molecule has 0 aliphatic carbocycles. The maximum atomic E-state index is 17.7. The van der Waals surface area contributed by atoms with Crippen LogP contribution < -0.4 is 0 Å². The molecule has 0 saturated carbocycles. The molecule has 1 radical (unpaired) electrons. The van der Waals surface area contributed by atoms with Crippen LogP contribution in [-0.2, 0) is 63.4 Å². The van der Waals surface area contributed by atoms with Gasteiger partial charge in [-0.3, -0.25) is 0 Å². The first-order chi connectivity index (χ1) is 52.9. The first kappa shape index (κ1) is 77.8. The summed E-state index contributed by atoms with van der Waals surface area (Å²) in [5.41, 5.74) is 27.6. The molecule has 5 aromatic heterocycles. The second kappa shape index (κ2) is 26.7. The second-order valence-corrected chi connectivity index (χ2v) is 40.9. The van der Waals surface area contributed by atoms with E-state index in [0.29, 0.717) is 16.8 Å². The van der Waals surface area contributed by atoms with Gasteiger partial charge >= 0.3 is 0 Å². The van der Waals surface area contributed by atoms with E-state index in [0.717, 1.165) is 94.3 Å². The largest absolute Gasteiger partial charge is 0.309 e. The number of nitrogens with zero attached hydrogens (tertiary/aromatic N) is 5. The summed E-state index contributed by atoms with van der Waals surface area (Å²) in [7, 11) is 0. The molecular formula is C107H109FIrN5-. The predicted molar refractivity (Wildman–Crippen MR) is 484 cm³/mol. The topological polar surface area (TPSA) is 32.6 Å². The molecule has 0 atom stereocenters. The molecule has 0 aliphatic heterocycles. The van der Waals surface area contributed by atoms with Gasteiger partial charge in [0.15, 0.2) is 0 Å². The van der Waals surface area contributed by atoms with Gasteiger partial charge in [-0.25, -0.2) is 4.39 Å². The van der Waals surface area contributed by atoms with Crippen LogP contribution >= 0.6 is 0 Å². The van der Waals surface area contributed by atoms with Crippen molar-refractivity contribution >= 4 is 98.0 Å². The molecule has 12 aromatic carbocycles. The van der Waals surface area contributed by atoms with Crippen LogP contribution in [0.3, 0.4) is 0 Å². The van der Waals surface area contributed by atoms with Crippen LogP contribution in [-0.4, -0.2) is 23.3 Å². The number of benzene rings is 12. The smallest absolute Gasteiger partial charge is 0.0541 e. The molecular weight excluding hydrogens is 1570 g/mol. The molecule has 17 aromatic rings. The van der Waals surface area contributed by atoms with E-state index in [2.05, 4.69) is 403 Å². The Hall–Kier alpha value is -10.2. The summed E-state index contributed by atoms with van der Waals surface area (Å²) in [5, 5.41) is 11.6. The number of hydrogen-bond acceptors (Lipinski definition) is 1. The molecule has 114 heavy (non-hydrogen) atoms. The van der Waals surface area contributed by atoms with E-state index < -0.39 is 5.82 Å². The zero-order chi connectivity index (χ0) is 80.2. The van der Waals surface area contributed by atoms with Crippen molar-refractivity contribution in [3.8, 4) is 56.3 Å². The van der Waals surface area contributed by atoms with Crippen molar-refractivity contribution in [2.75, 3.05) is 0 Å². The van der Waals surface area contributed by atoms with E-state index in [4.69, 9.17) is 4.98 Å². The van der Waals surface area contributed by atoms with Crippen molar-refractivity contribution < 1.29 is 24.5 Å². The second-order valence-electron chi connectivity index (χ2n) is 40.9. The van der Waals surface area contributed by atoms with Gasteiger partial charge in [0.2, 0.25) is 0 Å². The van der Waals surface area contributed by atoms with E-state index in [9.17, 15) is 0 Å². The van der Waals surface area contributed by atoms with Crippen LogP contribution in [0, 0.1) is 11.9 Å². The Labute approximate surface area is 687 Å². The van der Waals surface area contributed by atoms with E-state index in [1.54, 1.807) is 6.07 Å². The first-order valence-electron chi connectivity index (χ1n) is 40.7. The Balaban J connectivity index is 0.00000979. The van der Waals surface area contributed by atoms with Crippen LogP contribution in [0.4, 0.5) is 4.39 Å². The maximum Gasteiger partial charge on any atom is 0.0541 e. The number of pyridine rings is 1. The summed E-state index contributed by atoms with van der Waals surface area (Å²) >= 11 is 0.